The van der Waals surface area contributed by atoms with E-state index >= 15 is 0 Å². The van der Waals surface area contributed by atoms with Crippen LogP contribution in [-0.4, -0.2) is 24.5 Å². The molecular formula is C19H30N2. The second kappa shape index (κ2) is 7.31. The number of anilines is 1. The van der Waals surface area contributed by atoms with Gasteiger partial charge in [-0.3, -0.25) is 4.90 Å². The Balaban J connectivity index is 1.54. The molecule has 1 aromatic rings. The van der Waals surface area contributed by atoms with Gasteiger partial charge >= 0.3 is 0 Å². The summed E-state index contributed by atoms with van der Waals surface area (Å²) in [5.41, 5.74) is 2.84. The highest BCUT2D eigenvalue weighted by molar-refractivity contribution is 5.51. The summed E-state index contributed by atoms with van der Waals surface area (Å²) >= 11 is 0. The van der Waals surface area contributed by atoms with Crippen LogP contribution in [0.2, 0.25) is 0 Å². The minimum absolute atomic E-state index is 0.876. The van der Waals surface area contributed by atoms with Crippen molar-refractivity contribution in [1.82, 2.24) is 4.90 Å². The van der Waals surface area contributed by atoms with E-state index in [0.717, 1.165) is 24.9 Å². The van der Waals surface area contributed by atoms with Gasteiger partial charge in [0.25, 0.3) is 0 Å². The lowest BCUT2D eigenvalue weighted by Gasteiger charge is -2.27. The van der Waals surface area contributed by atoms with Crippen molar-refractivity contribution in [1.29, 1.82) is 0 Å². The number of rotatable bonds is 5. The first-order valence-electron chi connectivity index (χ1n) is 8.85. The normalized spacial score (nSPS) is 26.9. The molecule has 0 unspecified atom stereocenters. The molecule has 1 saturated carbocycles. The third-order valence-electron chi connectivity index (χ3n) is 5.33. The van der Waals surface area contributed by atoms with Crippen LogP contribution >= 0.6 is 0 Å². The average Bonchev–Trinajstić information content (AvgIpc) is 3.01. The summed E-state index contributed by atoms with van der Waals surface area (Å²) in [6.45, 7) is 7.22. The summed E-state index contributed by atoms with van der Waals surface area (Å²) in [6, 6.07) is 8.90. The molecule has 0 aromatic heterocycles. The molecule has 0 radical (unpaired) electrons. The van der Waals surface area contributed by atoms with E-state index in [9.17, 15) is 0 Å². The minimum Gasteiger partial charge on any atom is -0.385 e. The van der Waals surface area contributed by atoms with Crippen LogP contribution in [-0.2, 0) is 6.54 Å². The van der Waals surface area contributed by atoms with Crippen LogP contribution < -0.4 is 5.32 Å². The first kappa shape index (κ1) is 14.9. The third kappa shape index (κ3) is 4.23. The summed E-state index contributed by atoms with van der Waals surface area (Å²) < 4.78 is 0. The first-order valence-corrected chi connectivity index (χ1v) is 8.85. The summed E-state index contributed by atoms with van der Waals surface area (Å²) in [7, 11) is 0. The molecule has 2 nitrogen and oxygen atoms in total. The molecule has 1 aromatic carbocycles. The number of hydrogen-bond acceptors (Lipinski definition) is 2. The summed E-state index contributed by atoms with van der Waals surface area (Å²) in [5.74, 6) is 1.82. The highest BCUT2D eigenvalue weighted by atomic mass is 15.1. The van der Waals surface area contributed by atoms with Crippen molar-refractivity contribution in [2.24, 2.45) is 11.8 Å². The number of hydrogen-bond donors (Lipinski definition) is 1. The van der Waals surface area contributed by atoms with Gasteiger partial charge in [0.05, 0.1) is 0 Å². The first-order chi connectivity index (χ1) is 10.3. The quantitative estimate of drug-likeness (QED) is 0.856. The Bertz CT molecular complexity index is 429. The SMILES string of the molecule is CC1CCC(CNc2ccccc2CN2CCCC2)CC1. The zero-order chi connectivity index (χ0) is 14.5. The fourth-order valence-electron chi connectivity index (χ4n) is 3.80. The van der Waals surface area contributed by atoms with Gasteiger partial charge in [-0.2, -0.15) is 0 Å². The van der Waals surface area contributed by atoms with Gasteiger partial charge in [0, 0.05) is 18.8 Å². The summed E-state index contributed by atoms with van der Waals surface area (Å²) in [5, 5.41) is 3.75. The molecule has 1 saturated heterocycles. The van der Waals surface area contributed by atoms with E-state index in [2.05, 4.69) is 41.4 Å². The Kier molecular flexibility index (Phi) is 5.18. The Hall–Kier alpha value is -1.02. The molecule has 0 atom stereocenters. The van der Waals surface area contributed by atoms with Crippen molar-refractivity contribution in [2.75, 3.05) is 25.0 Å². The fourth-order valence-corrected chi connectivity index (χ4v) is 3.80. The van der Waals surface area contributed by atoms with E-state index in [0.29, 0.717) is 0 Å². The maximum atomic E-state index is 3.75. The van der Waals surface area contributed by atoms with Crippen molar-refractivity contribution >= 4 is 5.69 Å². The number of nitrogens with one attached hydrogen (secondary N) is 1. The van der Waals surface area contributed by atoms with Crippen molar-refractivity contribution in [3.05, 3.63) is 29.8 Å². The molecule has 1 heterocycles. The molecule has 0 amide bonds. The Labute approximate surface area is 129 Å². The van der Waals surface area contributed by atoms with E-state index in [1.165, 1.54) is 62.9 Å². The predicted octanol–water partition coefficient (Wildman–Crippen LogP) is 4.52. The zero-order valence-corrected chi connectivity index (χ0v) is 13.5. The summed E-state index contributed by atoms with van der Waals surface area (Å²) in [6.07, 6.45) is 8.39. The Morgan fingerprint density at radius 3 is 2.52 bits per heavy atom. The zero-order valence-electron chi connectivity index (χ0n) is 13.5. The van der Waals surface area contributed by atoms with Gasteiger partial charge in [-0.15, -0.1) is 0 Å². The van der Waals surface area contributed by atoms with Crippen LogP contribution in [0.5, 0.6) is 0 Å². The molecule has 3 rings (SSSR count). The molecule has 116 valence electrons. The maximum Gasteiger partial charge on any atom is 0.0385 e. The lowest BCUT2D eigenvalue weighted by atomic mass is 9.83. The largest absolute Gasteiger partial charge is 0.385 e. The Morgan fingerprint density at radius 2 is 1.76 bits per heavy atom. The van der Waals surface area contributed by atoms with E-state index in [-0.39, 0.29) is 0 Å². The smallest absolute Gasteiger partial charge is 0.0385 e. The van der Waals surface area contributed by atoms with E-state index < -0.39 is 0 Å². The van der Waals surface area contributed by atoms with Gasteiger partial charge < -0.3 is 5.32 Å². The molecule has 21 heavy (non-hydrogen) atoms. The van der Waals surface area contributed by atoms with Crippen LogP contribution in [0.1, 0.15) is 51.0 Å². The second-order valence-corrected chi connectivity index (χ2v) is 7.15. The number of nitrogens with zero attached hydrogens (tertiary/aromatic N) is 1. The van der Waals surface area contributed by atoms with Crippen LogP contribution in [0.3, 0.4) is 0 Å². The highest BCUT2D eigenvalue weighted by Crippen LogP contribution is 2.29. The molecule has 2 fully saturated rings. The van der Waals surface area contributed by atoms with Crippen LogP contribution in [0.15, 0.2) is 24.3 Å². The summed E-state index contributed by atoms with van der Waals surface area (Å²) in [4.78, 5) is 2.59. The van der Waals surface area contributed by atoms with E-state index in [4.69, 9.17) is 0 Å². The van der Waals surface area contributed by atoms with Crippen LogP contribution in [0, 0.1) is 11.8 Å². The predicted molar refractivity (Wildman–Crippen MR) is 90.6 cm³/mol. The Morgan fingerprint density at radius 1 is 1.05 bits per heavy atom. The highest BCUT2D eigenvalue weighted by Gasteiger charge is 2.18. The number of para-hydroxylation sites is 1. The average molecular weight is 286 g/mol. The molecule has 2 heteroatoms. The van der Waals surface area contributed by atoms with Gasteiger partial charge in [-0.05, 0) is 62.2 Å². The van der Waals surface area contributed by atoms with Gasteiger partial charge in [-0.25, -0.2) is 0 Å². The second-order valence-electron chi connectivity index (χ2n) is 7.15. The number of benzene rings is 1. The van der Waals surface area contributed by atoms with Gasteiger partial charge in [0.1, 0.15) is 0 Å². The van der Waals surface area contributed by atoms with Gasteiger partial charge in [-0.1, -0.05) is 38.0 Å². The van der Waals surface area contributed by atoms with Crippen molar-refractivity contribution in [2.45, 2.75) is 52.0 Å². The van der Waals surface area contributed by atoms with Crippen molar-refractivity contribution in [3.8, 4) is 0 Å². The monoisotopic (exact) mass is 286 g/mol. The van der Waals surface area contributed by atoms with Gasteiger partial charge in [0.2, 0.25) is 0 Å². The van der Waals surface area contributed by atoms with E-state index in [1.807, 2.05) is 0 Å². The van der Waals surface area contributed by atoms with Crippen LogP contribution in [0.4, 0.5) is 5.69 Å². The molecule has 1 aliphatic heterocycles. The van der Waals surface area contributed by atoms with E-state index in [1.54, 1.807) is 0 Å². The molecule has 0 spiro atoms. The standard InChI is InChI=1S/C19H30N2/c1-16-8-10-17(11-9-16)14-20-19-7-3-2-6-18(19)15-21-12-4-5-13-21/h2-3,6-7,16-17,20H,4-5,8-15H2,1H3. The van der Waals surface area contributed by atoms with Crippen molar-refractivity contribution < 1.29 is 0 Å². The minimum atomic E-state index is 0.876. The maximum absolute atomic E-state index is 3.75. The molecule has 2 aliphatic rings. The van der Waals surface area contributed by atoms with Crippen LogP contribution in [0.25, 0.3) is 0 Å². The third-order valence-corrected chi connectivity index (χ3v) is 5.33. The molecular weight excluding hydrogens is 256 g/mol. The van der Waals surface area contributed by atoms with Crippen molar-refractivity contribution in [3.63, 3.8) is 0 Å². The lowest BCUT2D eigenvalue weighted by Crippen LogP contribution is -2.22. The topological polar surface area (TPSA) is 15.3 Å². The number of likely N-dealkylation sites (tertiary alicyclic amines) is 1. The molecule has 1 aliphatic carbocycles. The van der Waals surface area contributed by atoms with Gasteiger partial charge in [0.15, 0.2) is 0 Å². The molecule has 1 N–H and O–H groups in total. The molecule has 0 bridgehead atoms. The fraction of sp³-hybridized carbons (Fsp3) is 0.684. The lowest BCUT2D eigenvalue weighted by molar-refractivity contribution is 0.300.